The molecule has 1 aliphatic heterocycles. The Hall–Kier alpha value is -0.850. The number of ether oxygens (including phenoxy) is 1. The highest BCUT2D eigenvalue weighted by Crippen LogP contribution is 2.32. The summed E-state index contributed by atoms with van der Waals surface area (Å²) in [6.45, 7) is 3.42. The van der Waals surface area contributed by atoms with Crippen LogP contribution in [-0.2, 0) is 11.2 Å². The molecule has 14 heavy (non-hydrogen) atoms. The van der Waals surface area contributed by atoms with Crippen LogP contribution < -0.4 is 0 Å². The molecule has 0 aromatic carbocycles. The Morgan fingerprint density at radius 3 is 3.07 bits per heavy atom. The highest BCUT2D eigenvalue weighted by molar-refractivity contribution is 7.10. The number of nitriles is 1. The summed E-state index contributed by atoms with van der Waals surface area (Å²) in [5.41, 5.74) is 1.02. The molecule has 0 N–H and O–H groups in total. The molecule has 0 amide bonds. The Morgan fingerprint density at radius 1 is 1.71 bits per heavy atom. The Bertz CT molecular complexity index is 358. The van der Waals surface area contributed by atoms with E-state index in [1.165, 1.54) is 10.4 Å². The molecule has 2 heterocycles. The summed E-state index contributed by atoms with van der Waals surface area (Å²) in [4.78, 5) is 1.31. The highest BCUT2D eigenvalue weighted by Gasteiger charge is 2.35. The Balaban J connectivity index is 2.13. The summed E-state index contributed by atoms with van der Waals surface area (Å²) in [5.74, 6) is 0. The van der Waals surface area contributed by atoms with E-state index in [0.717, 1.165) is 19.4 Å². The van der Waals surface area contributed by atoms with Gasteiger partial charge in [-0.1, -0.05) is 0 Å². The highest BCUT2D eigenvalue weighted by atomic mass is 32.1. The fraction of sp³-hybridized carbons (Fsp3) is 0.545. The van der Waals surface area contributed by atoms with Crippen LogP contribution in [0.3, 0.4) is 0 Å². The predicted octanol–water partition coefficient (Wildman–Crippen LogP) is 2.53. The van der Waals surface area contributed by atoms with E-state index in [1.54, 1.807) is 11.3 Å². The van der Waals surface area contributed by atoms with Crippen molar-refractivity contribution >= 4 is 11.3 Å². The number of thiophene rings is 1. The van der Waals surface area contributed by atoms with Gasteiger partial charge in [0.05, 0.1) is 18.1 Å². The van der Waals surface area contributed by atoms with Gasteiger partial charge < -0.3 is 4.74 Å². The number of nitrogens with zero attached hydrogens (tertiary/aromatic N) is 1. The SMILES string of the molecule is Cc1cc(CC2(C#N)CCOC2)cs1. The molecule has 1 fully saturated rings. The molecular weight excluding hydrogens is 194 g/mol. The summed E-state index contributed by atoms with van der Waals surface area (Å²) in [5, 5.41) is 11.3. The smallest absolute Gasteiger partial charge is 0.0869 e. The summed E-state index contributed by atoms with van der Waals surface area (Å²) in [6.07, 6.45) is 1.71. The van der Waals surface area contributed by atoms with Gasteiger partial charge in [-0.05, 0) is 36.8 Å². The fourth-order valence-corrected chi connectivity index (χ4v) is 2.56. The van der Waals surface area contributed by atoms with Crippen LogP contribution in [0.25, 0.3) is 0 Å². The van der Waals surface area contributed by atoms with Crippen molar-refractivity contribution in [2.45, 2.75) is 19.8 Å². The predicted molar refractivity (Wildman–Crippen MR) is 56.2 cm³/mol. The second-order valence-electron chi connectivity index (χ2n) is 3.94. The molecule has 1 aromatic heterocycles. The van der Waals surface area contributed by atoms with E-state index < -0.39 is 0 Å². The van der Waals surface area contributed by atoms with Crippen molar-refractivity contribution in [1.82, 2.24) is 0 Å². The van der Waals surface area contributed by atoms with E-state index in [1.807, 2.05) is 0 Å². The number of aryl methyl sites for hydroxylation is 1. The van der Waals surface area contributed by atoms with Crippen molar-refractivity contribution in [3.05, 3.63) is 21.9 Å². The first-order valence-corrected chi connectivity index (χ1v) is 5.65. The molecule has 0 aliphatic carbocycles. The molecule has 2 nitrogen and oxygen atoms in total. The topological polar surface area (TPSA) is 33.0 Å². The van der Waals surface area contributed by atoms with Gasteiger partial charge in [0.25, 0.3) is 0 Å². The van der Waals surface area contributed by atoms with Crippen molar-refractivity contribution in [3.8, 4) is 6.07 Å². The maximum atomic E-state index is 9.16. The van der Waals surface area contributed by atoms with Gasteiger partial charge in [-0.2, -0.15) is 5.26 Å². The molecule has 74 valence electrons. The van der Waals surface area contributed by atoms with Gasteiger partial charge in [0, 0.05) is 11.5 Å². The van der Waals surface area contributed by atoms with Gasteiger partial charge >= 0.3 is 0 Å². The second kappa shape index (κ2) is 3.72. The van der Waals surface area contributed by atoms with Crippen molar-refractivity contribution < 1.29 is 4.74 Å². The molecule has 0 bridgehead atoms. The molecule has 1 atom stereocenters. The lowest BCUT2D eigenvalue weighted by Gasteiger charge is -2.16. The lowest BCUT2D eigenvalue weighted by molar-refractivity contribution is 0.172. The average molecular weight is 207 g/mol. The van der Waals surface area contributed by atoms with E-state index in [-0.39, 0.29) is 5.41 Å². The molecule has 0 radical (unpaired) electrons. The normalized spacial score (nSPS) is 26.3. The molecule has 3 heteroatoms. The Kier molecular flexibility index (Phi) is 2.58. The second-order valence-corrected chi connectivity index (χ2v) is 5.05. The molecular formula is C11H13NOS. The first-order valence-electron chi connectivity index (χ1n) is 4.77. The molecule has 1 saturated heterocycles. The third-order valence-corrected chi connectivity index (χ3v) is 3.58. The van der Waals surface area contributed by atoms with Gasteiger partial charge in [-0.25, -0.2) is 0 Å². The fourth-order valence-electron chi connectivity index (χ4n) is 1.86. The van der Waals surface area contributed by atoms with Crippen molar-refractivity contribution in [2.75, 3.05) is 13.2 Å². The molecule has 1 unspecified atom stereocenters. The van der Waals surface area contributed by atoms with Gasteiger partial charge in [-0.3, -0.25) is 0 Å². The third-order valence-electron chi connectivity index (χ3n) is 2.67. The van der Waals surface area contributed by atoms with Crippen LogP contribution in [0.1, 0.15) is 16.9 Å². The quantitative estimate of drug-likeness (QED) is 0.746. The summed E-state index contributed by atoms with van der Waals surface area (Å²) in [7, 11) is 0. The summed E-state index contributed by atoms with van der Waals surface area (Å²) in [6, 6.07) is 4.58. The maximum absolute atomic E-state index is 9.16. The van der Waals surface area contributed by atoms with Crippen LogP contribution in [0.4, 0.5) is 0 Å². The van der Waals surface area contributed by atoms with E-state index in [9.17, 15) is 0 Å². The van der Waals surface area contributed by atoms with Crippen LogP contribution in [0.5, 0.6) is 0 Å². The number of hydrogen-bond donors (Lipinski definition) is 0. The lowest BCUT2D eigenvalue weighted by Crippen LogP contribution is -2.21. The van der Waals surface area contributed by atoms with Crippen LogP contribution in [0.2, 0.25) is 0 Å². The molecule has 1 aromatic rings. The minimum absolute atomic E-state index is 0.256. The van der Waals surface area contributed by atoms with E-state index >= 15 is 0 Å². The Morgan fingerprint density at radius 2 is 2.57 bits per heavy atom. The molecule has 0 saturated carbocycles. The van der Waals surface area contributed by atoms with Crippen LogP contribution in [0.15, 0.2) is 11.4 Å². The zero-order valence-electron chi connectivity index (χ0n) is 8.25. The zero-order valence-corrected chi connectivity index (χ0v) is 9.06. The van der Waals surface area contributed by atoms with Crippen LogP contribution in [-0.4, -0.2) is 13.2 Å². The standard InChI is InChI=1S/C11H13NOS/c1-9-4-10(6-14-9)5-11(7-12)2-3-13-8-11/h4,6H,2-3,5,8H2,1H3. The van der Waals surface area contributed by atoms with Gasteiger partial charge in [0.2, 0.25) is 0 Å². The van der Waals surface area contributed by atoms with Gasteiger partial charge in [-0.15, -0.1) is 11.3 Å². The molecule has 0 spiro atoms. The summed E-state index contributed by atoms with van der Waals surface area (Å²) >= 11 is 1.75. The van der Waals surface area contributed by atoms with E-state index in [0.29, 0.717) is 6.61 Å². The average Bonchev–Trinajstić information content (AvgIpc) is 2.77. The molecule has 2 rings (SSSR count). The van der Waals surface area contributed by atoms with Gasteiger partial charge in [0.15, 0.2) is 0 Å². The third kappa shape index (κ3) is 1.82. The first kappa shape index (κ1) is 9.70. The van der Waals surface area contributed by atoms with Crippen LogP contribution in [0, 0.1) is 23.7 Å². The van der Waals surface area contributed by atoms with Crippen molar-refractivity contribution in [1.29, 1.82) is 5.26 Å². The van der Waals surface area contributed by atoms with Crippen molar-refractivity contribution in [2.24, 2.45) is 5.41 Å². The number of hydrogen-bond acceptors (Lipinski definition) is 3. The monoisotopic (exact) mass is 207 g/mol. The van der Waals surface area contributed by atoms with Gasteiger partial charge in [0.1, 0.15) is 0 Å². The number of rotatable bonds is 2. The van der Waals surface area contributed by atoms with E-state index in [2.05, 4.69) is 24.4 Å². The first-order chi connectivity index (χ1) is 6.74. The Labute approximate surface area is 88.1 Å². The van der Waals surface area contributed by atoms with Crippen molar-refractivity contribution in [3.63, 3.8) is 0 Å². The maximum Gasteiger partial charge on any atom is 0.0869 e. The summed E-state index contributed by atoms with van der Waals surface area (Å²) < 4.78 is 5.31. The van der Waals surface area contributed by atoms with Crippen LogP contribution >= 0.6 is 11.3 Å². The molecule has 1 aliphatic rings. The zero-order chi connectivity index (χ0) is 10.0. The van der Waals surface area contributed by atoms with E-state index in [4.69, 9.17) is 10.00 Å². The largest absolute Gasteiger partial charge is 0.380 e. The lowest BCUT2D eigenvalue weighted by atomic mass is 9.83. The minimum atomic E-state index is -0.256. The minimum Gasteiger partial charge on any atom is -0.380 e.